The van der Waals surface area contributed by atoms with E-state index in [0.29, 0.717) is 17.0 Å². The average molecular weight is 441 g/mol. The van der Waals surface area contributed by atoms with Gasteiger partial charge >= 0.3 is 0 Å². The molecule has 0 bridgehead atoms. The number of ether oxygens (including phenoxy) is 1. The number of carbonyl (C=O) groups is 1. The lowest BCUT2D eigenvalue weighted by molar-refractivity contribution is 0.0955. The van der Waals surface area contributed by atoms with Gasteiger partial charge in [0.25, 0.3) is 15.9 Å². The molecule has 0 aromatic heterocycles. The molecule has 10 heteroatoms. The Balaban J connectivity index is 1.71. The number of anilines is 1. The van der Waals surface area contributed by atoms with Crippen LogP contribution < -0.4 is 14.9 Å². The molecule has 0 aliphatic carbocycles. The summed E-state index contributed by atoms with van der Waals surface area (Å²) < 4.78 is 32.8. The van der Waals surface area contributed by atoms with E-state index >= 15 is 0 Å². The van der Waals surface area contributed by atoms with E-state index in [9.17, 15) is 23.4 Å². The van der Waals surface area contributed by atoms with Crippen LogP contribution in [0.2, 0.25) is 0 Å². The summed E-state index contributed by atoms with van der Waals surface area (Å²) in [6, 6.07) is 15.9. The number of sulfonamides is 1. The first-order valence-corrected chi connectivity index (χ1v) is 10.4. The molecule has 0 saturated heterocycles. The molecule has 1 amide bonds. The van der Waals surface area contributed by atoms with Crippen molar-refractivity contribution in [3.8, 4) is 17.2 Å². The zero-order valence-electron chi connectivity index (χ0n) is 16.3. The lowest BCUT2D eigenvalue weighted by Gasteiger charge is -2.10. The van der Waals surface area contributed by atoms with Crippen LogP contribution in [0.25, 0.3) is 0 Å². The molecule has 0 saturated carbocycles. The highest BCUT2D eigenvalue weighted by molar-refractivity contribution is 7.92. The summed E-state index contributed by atoms with van der Waals surface area (Å²) in [5, 5.41) is 22.5. The second-order valence-electron chi connectivity index (χ2n) is 6.31. The van der Waals surface area contributed by atoms with Crippen LogP contribution in [-0.4, -0.2) is 37.9 Å². The molecule has 0 aliphatic rings. The number of benzene rings is 3. The predicted molar refractivity (Wildman–Crippen MR) is 115 cm³/mol. The van der Waals surface area contributed by atoms with Crippen LogP contribution in [0, 0.1) is 0 Å². The van der Waals surface area contributed by atoms with Crippen LogP contribution in [0.4, 0.5) is 5.69 Å². The SMILES string of the molecule is COc1ccc(NS(=O)(=O)c2cccc(C(=O)N/N=C/c3ccc(O)c(O)c3)c2)cc1. The van der Waals surface area contributed by atoms with Crippen LogP contribution >= 0.6 is 0 Å². The molecule has 4 N–H and O–H groups in total. The molecule has 3 rings (SSSR count). The van der Waals surface area contributed by atoms with Gasteiger partial charge in [0, 0.05) is 11.3 Å². The zero-order valence-corrected chi connectivity index (χ0v) is 17.1. The number of hydrogen-bond donors (Lipinski definition) is 4. The monoisotopic (exact) mass is 441 g/mol. The first-order chi connectivity index (χ1) is 14.8. The Labute approximate surface area is 178 Å². The molecule has 0 atom stereocenters. The summed E-state index contributed by atoms with van der Waals surface area (Å²) in [5.74, 6) is -0.634. The van der Waals surface area contributed by atoms with Crippen molar-refractivity contribution in [1.29, 1.82) is 0 Å². The number of hydrazone groups is 1. The number of nitrogens with zero attached hydrogens (tertiary/aromatic N) is 1. The van der Waals surface area contributed by atoms with E-state index in [1.165, 1.54) is 55.8 Å². The Morgan fingerprint density at radius 2 is 1.74 bits per heavy atom. The van der Waals surface area contributed by atoms with Crippen LogP contribution in [0.3, 0.4) is 0 Å². The fourth-order valence-corrected chi connectivity index (χ4v) is 3.63. The van der Waals surface area contributed by atoms with E-state index in [-0.39, 0.29) is 22.0 Å². The minimum Gasteiger partial charge on any atom is -0.504 e. The van der Waals surface area contributed by atoms with Crippen LogP contribution in [0.5, 0.6) is 17.2 Å². The lowest BCUT2D eigenvalue weighted by Crippen LogP contribution is -2.19. The Bertz CT molecular complexity index is 1220. The van der Waals surface area contributed by atoms with Crippen molar-refractivity contribution in [2.75, 3.05) is 11.8 Å². The van der Waals surface area contributed by atoms with E-state index in [4.69, 9.17) is 4.74 Å². The molecule has 3 aromatic rings. The summed E-state index contributed by atoms with van der Waals surface area (Å²) in [6.07, 6.45) is 1.27. The topological polar surface area (TPSA) is 137 Å². The van der Waals surface area contributed by atoms with Gasteiger partial charge in [0.05, 0.1) is 18.2 Å². The zero-order chi connectivity index (χ0) is 22.4. The van der Waals surface area contributed by atoms with Gasteiger partial charge in [0.15, 0.2) is 11.5 Å². The maximum Gasteiger partial charge on any atom is 0.271 e. The van der Waals surface area contributed by atoms with Gasteiger partial charge in [-0.3, -0.25) is 9.52 Å². The first-order valence-electron chi connectivity index (χ1n) is 8.91. The van der Waals surface area contributed by atoms with Gasteiger partial charge in [0.1, 0.15) is 5.75 Å². The molecule has 0 fully saturated rings. The minimum absolute atomic E-state index is 0.0864. The van der Waals surface area contributed by atoms with Crippen molar-refractivity contribution in [2.45, 2.75) is 4.90 Å². The van der Waals surface area contributed by atoms with Crippen molar-refractivity contribution >= 4 is 27.8 Å². The summed E-state index contributed by atoms with van der Waals surface area (Å²) in [7, 11) is -2.41. The van der Waals surface area contributed by atoms with Crippen LogP contribution in [-0.2, 0) is 10.0 Å². The number of rotatable bonds is 7. The number of amides is 1. The summed E-state index contributed by atoms with van der Waals surface area (Å²) >= 11 is 0. The fourth-order valence-electron chi connectivity index (χ4n) is 2.53. The van der Waals surface area contributed by atoms with Gasteiger partial charge < -0.3 is 14.9 Å². The molecule has 0 spiro atoms. The molecular weight excluding hydrogens is 422 g/mol. The van der Waals surface area contributed by atoms with Gasteiger partial charge in [-0.1, -0.05) is 6.07 Å². The standard InChI is InChI=1S/C21H19N3O6S/c1-30-17-8-6-16(7-9-17)24-31(28,29)18-4-2-3-15(12-18)21(27)23-22-13-14-5-10-19(25)20(26)11-14/h2-13,24-26H,1H3,(H,23,27)/b22-13+. The van der Waals surface area contributed by atoms with Crippen molar-refractivity contribution in [3.05, 3.63) is 77.9 Å². The van der Waals surface area contributed by atoms with Gasteiger partial charge in [-0.2, -0.15) is 5.10 Å². The van der Waals surface area contributed by atoms with Gasteiger partial charge in [-0.05, 0) is 66.2 Å². The maximum absolute atomic E-state index is 12.6. The number of aromatic hydroxyl groups is 2. The van der Waals surface area contributed by atoms with E-state index in [1.807, 2.05) is 0 Å². The Morgan fingerprint density at radius 3 is 2.42 bits per heavy atom. The smallest absolute Gasteiger partial charge is 0.271 e. The number of methoxy groups -OCH3 is 1. The normalized spacial score (nSPS) is 11.3. The van der Waals surface area contributed by atoms with E-state index < -0.39 is 15.9 Å². The number of hydrogen-bond acceptors (Lipinski definition) is 7. The van der Waals surface area contributed by atoms with Gasteiger partial charge in [-0.15, -0.1) is 0 Å². The summed E-state index contributed by atoms with van der Waals surface area (Å²) in [4.78, 5) is 12.2. The Hall–Kier alpha value is -4.05. The van der Waals surface area contributed by atoms with Crippen LogP contribution in [0.1, 0.15) is 15.9 Å². The second kappa shape index (κ2) is 9.18. The molecule has 0 aliphatic heterocycles. The first kappa shape index (κ1) is 21.7. The third-order valence-electron chi connectivity index (χ3n) is 4.13. The molecular formula is C21H19N3O6S. The fraction of sp³-hybridized carbons (Fsp3) is 0.0476. The van der Waals surface area contributed by atoms with E-state index in [2.05, 4.69) is 15.2 Å². The number of carbonyl (C=O) groups excluding carboxylic acids is 1. The predicted octanol–water partition coefficient (Wildman–Crippen LogP) is 2.67. The number of nitrogens with one attached hydrogen (secondary N) is 2. The number of phenols is 2. The third kappa shape index (κ3) is 5.52. The third-order valence-corrected chi connectivity index (χ3v) is 5.51. The molecule has 0 unspecified atom stereocenters. The maximum atomic E-state index is 12.6. The van der Waals surface area contributed by atoms with E-state index in [0.717, 1.165) is 0 Å². The van der Waals surface area contributed by atoms with Crippen molar-refractivity contribution < 1.29 is 28.2 Å². The lowest BCUT2D eigenvalue weighted by atomic mass is 10.2. The molecule has 0 radical (unpaired) electrons. The van der Waals surface area contributed by atoms with Gasteiger partial charge in [-0.25, -0.2) is 13.8 Å². The van der Waals surface area contributed by atoms with E-state index in [1.54, 1.807) is 24.3 Å². The quantitative estimate of drug-likeness (QED) is 0.253. The van der Waals surface area contributed by atoms with Crippen molar-refractivity contribution in [3.63, 3.8) is 0 Å². The van der Waals surface area contributed by atoms with Crippen molar-refractivity contribution in [2.24, 2.45) is 5.10 Å². The molecule has 0 heterocycles. The molecule has 3 aromatic carbocycles. The Kier molecular flexibility index (Phi) is 6.41. The molecule has 9 nitrogen and oxygen atoms in total. The minimum atomic E-state index is -3.92. The number of phenolic OH excluding ortho intramolecular Hbond substituents is 2. The molecule has 160 valence electrons. The average Bonchev–Trinajstić information content (AvgIpc) is 2.76. The largest absolute Gasteiger partial charge is 0.504 e. The van der Waals surface area contributed by atoms with Gasteiger partial charge in [0.2, 0.25) is 0 Å². The summed E-state index contributed by atoms with van der Waals surface area (Å²) in [5.41, 5.74) is 3.15. The van der Waals surface area contributed by atoms with Crippen LogP contribution in [0.15, 0.2) is 76.7 Å². The molecule has 31 heavy (non-hydrogen) atoms. The highest BCUT2D eigenvalue weighted by Gasteiger charge is 2.16. The van der Waals surface area contributed by atoms with Crippen molar-refractivity contribution in [1.82, 2.24) is 5.43 Å². The second-order valence-corrected chi connectivity index (χ2v) is 7.99. The highest BCUT2D eigenvalue weighted by atomic mass is 32.2. The summed E-state index contributed by atoms with van der Waals surface area (Å²) in [6.45, 7) is 0. The highest BCUT2D eigenvalue weighted by Crippen LogP contribution is 2.24. The Morgan fingerprint density at radius 1 is 1.00 bits per heavy atom.